The van der Waals surface area contributed by atoms with Gasteiger partial charge in [0.2, 0.25) is 11.8 Å². The van der Waals surface area contributed by atoms with E-state index in [4.69, 9.17) is 30.6 Å². The highest BCUT2D eigenvalue weighted by Gasteiger charge is 2.39. The van der Waals surface area contributed by atoms with Crippen LogP contribution >= 0.6 is 11.6 Å². The predicted molar refractivity (Wildman–Crippen MR) is 259 cm³/mol. The molecule has 356 valence electrons. The van der Waals surface area contributed by atoms with Gasteiger partial charge in [0.15, 0.2) is 0 Å². The highest BCUT2D eigenvalue weighted by Crippen LogP contribution is 2.43. The molecule has 11 rings (SSSR count). The third-order valence-electron chi connectivity index (χ3n) is 14.0. The fourth-order valence-corrected chi connectivity index (χ4v) is 14.0. The number of hydrogen-bond donors (Lipinski definition) is 1. The van der Waals surface area contributed by atoms with Crippen LogP contribution in [0.25, 0.3) is 44.3 Å². The monoisotopic (exact) mass is 980 g/mol. The van der Waals surface area contributed by atoms with Gasteiger partial charge in [0.25, 0.3) is 0 Å². The number of carbonyl (C=O) groups is 2. The van der Waals surface area contributed by atoms with Gasteiger partial charge in [0.1, 0.15) is 42.8 Å². The first-order valence-electron chi connectivity index (χ1n) is 23.1. The Morgan fingerprint density at radius 2 is 1.15 bits per heavy atom. The number of anilines is 1. The van der Waals surface area contributed by atoms with Gasteiger partial charge in [-0.1, -0.05) is 34.0 Å². The summed E-state index contributed by atoms with van der Waals surface area (Å²) in [5.41, 5.74) is 10.7. The minimum Gasteiger partial charge on any atom is -0.361 e. The Labute approximate surface area is 399 Å². The zero-order chi connectivity index (χ0) is 47.8. The Kier molecular flexibility index (Phi) is 11.9. The molecule has 0 saturated carbocycles. The van der Waals surface area contributed by atoms with Crippen molar-refractivity contribution in [2.24, 2.45) is 0 Å². The summed E-state index contributed by atoms with van der Waals surface area (Å²) < 4.78 is 63.5. The number of amides is 2. The van der Waals surface area contributed by atoms with E-state index in [2.05, 4.69) is 24.8 Å². The number of nitrogens with one attached hydrogen (secondary N) is 1. The van der Waals surface area contributed by atoms with Crippen molar-refractivity contribution < 1.29 is 35.5 Å². The van der Waals surface area contributed by atoms with Gasteiger partial charge >= 0.3 is 0 Å². The molecule has 4 fully saturated rings. The summed E-state index contributed by atoms with van der Waals surface area (Å²) in [6.45, 7) is 9.56. The van der Waals surface area contributed by atoms with Crippen LogP contribution in [0.15, 0.2) is 63.6 Å². The van der Waals surface area contributed by atoms with E-state index in [0.717, 1.165) is 90.1 Å². The molecule has 19 heteroatoms. The van der Waals surface area contributed by atoms with E-state index in [-0.39, 0.29) is 59.0 Å². The zero-order valence-corrected chi connectivity index (χ0v) is 41.0. The number of sulfone groups is 2. The van der Waals surface area contributed by atoms with Gasteiger partial charge in [-0.2, -0.15) is 0 Å². The third-order valence-corrected chi connectivity index (χ3v) is 17.6. The van der Waals surface area contributed by atoms with Crippen LogP contribution in [0.4, 0.5) is 5.69 Å². The standard InChI is InChI=1S/C28H29ClN4O4S.C21H24N4O4S/c1-16-12-20(29)15-22(13-16)32-25(6-7-26(32)34)28-30-23-14-19(27-17(2)31-37-18(27)3)4-5-24(23)33(28)21-8-10-38(35,36)11-9-21;1-12-20(13(2)29-24-12)14-3-5-18-17(11-14)23-21(16-4-6-19(26)22-16)25(18)15-7-9-30(27,28)10-8-15/h4-5,12-15,21,25H,6-11H2,1-3H3;3,5,11,15-16H,4,6-10H2,1-2H3,(H,22,26)/t25-;16-/m00/s1. The van der Waals surface area contributed by atoms with Crippen molar-refractivity contribution >= 4 is 70.8 Å². The maximum absolute atomic E-state index is 13.2. The molecule has 4 saturated heterocycles. The second kappa shape index (κ2) is 17.6. The first-order valence-corrected chi connectivity index (χ1v) is 27.2. The molecule has 4 aromatic heterocycles. The molecule has 0 bridgehead atoms. The number of fused-ring (bicyclic) bond motifs is 2. The van der Waals surface area contributed by atoms with Gasteiger partial charge in [-0.05, 0) is 132 Å². The number of aromatic nitrogens is 6. The Bertz CT molecular complexity index is 3300. The molecule has 2 amide bonds. The summed E-state index contributed by atoms with van der Waals surface area (Å²) in [6.07, 6.45) is 4.37. The molecule has 2 atom stereocenters. The number of nitrogens with zero attached hydrogens (tertiary/aromatic N) is 7. The minimum atomic E-state index is -3.04. The molecule has 68 heavy (non-hydrogen) atoms. The molecule has 0 radical (unpaired) electrons. The lowest BCUT2D eigenvalue weighted by atomic mass is 10.0. The first-order chi connectivity index (χ1) is 32.4. The van der Waals surface area contributed by atoms with Crippen LogP contribution in [-0.2, 0) is 29.3 Å². The average molecular weight is 982 g/mol. The van der Waals surface area contributed by atoms with Gasteiger partial charge in [0, 0.05) is 46.8 Å². The highest BCUT2D eigenvalue weighted by molar-refractivity contribution is 7.91. The molecule has 1 N–H and O–H groups in total. The average Bonchev–Trinajstić information content (AvgIpc) is 4.15. The molecule has 0 unspecified atom stereocenters. The summed E-state index contributed by atoms with van der Waals surface area (Å²) >= 11 is 6.38. The Morgan fingerprint density at radius 1 is 0.632 bits per heavy atom. The van der Waals surface area contributed by atoms with Crippen LogP contribution in [0.3, 0.4) is 0 Å². The van der Waals surface area contributed by atoms with E-state index in [1.807, 2.05) is 94.1 Å². The molecule has 4 aliphatic heterocycles. The van der Waals surface area contributed by atoms with Crippen molar-refractivity contribution in [3.63, 3.8) is 0 Å². The van der Waals surface area contributed by atoms with Gasteiger partial charge in [-0.3, -0.25) is 9.59 Å². The van der Waals surface area contributed by atoms with Crippen molar-refractivity contribution in [3.8, 4) is 22.3 Å². The van der Waals surface area contributed by atoms with Crippen LogP contribution < -0.4 is 10.2 Å². The van der Waals surface area contributed by atoms with Crippen LogP contribution in [0.1, 0.15) is 116 Å². The maximum Gasteiger partial charge on any atom is 0.227 e. The summed E-state index contributed by atoms with van der Waals surface area (Å²) in [4.78, 5) is 36.9. The third kappa shape index (κ3) is 8.63. The summed E-state index contributed by atoms with van der Waals surface area (Å²) in [7, 11) is -6.01. The van der Waals surface area contributed by atoms with E-state index < -0.39 is 19.7 Å². The number of imidazole rings is 2. The Balaban J connectivity index is 0.000000163. The fraction of sp³-hybridized carbons (Fsp3) is 0.429. The van der Waals surface area contributed by atoms with Gasteiger partial charge in [-0.15, -0.1) is 0 Å². The molecule has 4 aliphatic rings. The minimum absolute atomic E-state index is 0.0258. The van der Waals surface area contributed by atoms with Gasteiger partial charge < -0.3 is 28.4 Å². The SMILES string of the molecule is Cc1cc(Cl)cc(N2C(=O)CC[C@H]2c2nc3cc(-c4c(C)noc4C)ccc3n2C2CCS(=O)(=O)CC2)c1.Cc1noc(C)c1-c1ccc2c(c1)nc([C@@H]1CCC(=O)N1)n2C1CCS(=O)(=O)CC1. The lowest BCUT2D eigenvalue weighted by Gasteiger charge is -2.30. The molecule has 7 aromatic rings. The van der Waals surface area contributed by atoms with Crippen molar-refractivity contribution in [1.82, 2.24) is 34.7 Å². The first kappa shape index (κ1) is 45.9. The van der Waals surface area contributed by atoms with Crippen LogP contribution in [0, 0.1) is 34.6 Å². The number of aryl methyl sites for hydroxylation is 5. The topological polar surface area (TPSA) is 205 Å². The number of rotatable bonds is 7. The normalized spacial score (nSPS) is 20.9. The quantitative estimate of drug-likeness (QED) is 0.159. The number of hydrogen-bond acceptors (Lipinski definition) is 12. The molecule has 16 nitrogen and oxygen atoms in total. The number of carbonyl (C=O) groups excluding carboxylic acids is 2. The van der Waals surface area contributed by atoms with E-state index in [9.17, 15) is 26.4 Å². The van der Waals surface area contributed by atoms with Crippen LogP contribution in [-0.4, -0.2) is 81.1 Å². The largest absolute Gasteiger partial charge is 0.361 e. The summed E-state index contributed by atoms with van der Waals surface area (Å²) in [6, 6.07) is 17.5. The molecular weight excluding hydrogens is 928 g/mol. The summed E-state index contributed by atoms with van der Waals surface area (Å²) in [5.74, 6) is 3.81. The second-order valence-corrected chi connectivity index (χ2v) is 23.8. The van der Waals surface area contributed by atoms with Crippen LogP contribution in [0.2, 0.25) is 5.02 Å². The fourth-order valence-electron chi connectivity index (χ4n) is 10.8. The number of benzene rings is 3. The van der Waals surface area contributed by atoms with Crippen molar-refractivity contribution in [3.05, 3.63) is 99.7 Å². The van der Waals surface area contributed by atoms with E-state index in [1.165, 1.54) is 0 Å². The van der Waals surface area contributed by atoms with Gasteiger partial charge in [0.05, 0.1) is 68.5 Å². The second-order valence-electron chi connectivity index (χ2n) is 18.7. The summed E-state index contributed by atoms with van der Waals surface area (Å²) in [5, 5.41) is 11.7. The van der Waals surface area contributed by atoms with Crippen LogP contribution in [0.5, 0.6) is 0 Å². The smallest absolute Gasteiger partial charge is 0.227 e. The Hall–Kier alpha value is -5.85. The Morgan fingerprint density at radius 3 is 1.62 bits per heavy atom. The lowest BCUT2D eigenvalue weighted by molar-refractivity contribution is -0.119. The van der Waals surface area contributed by atoms with E-state index >= 15 is 0 Å². The molecule has 3 aromatic carbocycles. The van der Waals surface area contributed by atoms with E-state index in [0.29, 0.717) is 56.4 Å². The zero-order valence-electron chi connectivity index (χ0n) is 38.6. The van der Waals surface area contributed by atoms with Crippen molar-refractivity contribution in [2.75, 3.05) is 27.9 Å². The van der Waals surface area contributed by atoms with Crippen molar-refractivity contribution in [2.45, 2.75) is 110 Å². The highest BCUT2D eigenvalue weighted by atomic mass is 35.5. The maximum atomic E-state index is 13.2. The van der Waals surface area contributed by atoms with E-state index in [1.54, 1.807) is 0 Å². The predicted octanol–water partition coefficient (Wildman–Crippen LogP) is 8.90. The molecule has 0 spiro atoms. The number of halogens is 1. The lowest BCUT2D eigenvalue weighted by Crippen LogP contribution is -2.32. The van der Waals surface area contributed by atoms with Gasteiger partial charge in [-0.25, -0.2) is 26.8 Å². The molecular formula is C49H53ClN8O8S2. The molecule has 8 heterocycles. The van der Waals surface area contributed by atoms with Crippen molar-refractivity contribution in [1.29, 1.82) is 0 Å². The molecule has 0 aliphatic carbocycles.